The van der Waals surface area contributed by atoms with E-state index in [9.17, 15) is 10.1 Å². The lowest BCUT2D eigenvalue weighted by Crippen LogP contribution is -2.43. The molecule has 3 heterocycles. The molecule has 9 heteroatoms. The summed E-state index contributed by atoms with van der Waals surface area (Å²) in [6.07, 6.45) is 0. The Morgan fingerprint density at radius 3 is 2.39 bits per heavy atom. The van der Waals surface area contributed by atoms with Crippen LogP contribution < -0.4 is 20.4 Å². The lowest BCUT2D eigenvalue weighted by molar-refractivity contribution is -0.384. The van der Waals surface area contributed by atoms with Crippen LogP contribution in [0.2, 0.25) is 0 Å². The summed E-state index contributed by atoms with van der Waals surface area (Å²) in [5, 5.41) is 17.9. The number of nitro groups is 1. The number of piperazine rings is 1. The van der Waals surface area contributed by atoms with Gasteiger partial charge in [0.2, 0.25) is 5.82 Å². The van der Waals surface area contributed by atoms with Crippen molar-refractivity contribution in [1.82, 2.24) is 10.3 Å². The smallest absolute Gasteiger partial charge is 0.311 e. The maximum atomic E-state index is 11.4. The van der Waals surface area contributed by atoms with Crippen LogP contribution in [-0.4, -0.2) is 62.4 Å². The van der Waals surface area contributed by atoms with E-state index in [2.05, 4.69) is 25.4 Å². The summed E-state index contributed by atoms with van der Waals surface area (Å²) in [5.74, 6) is 1.01. The van der Waals surface area contributed by atoms with Gasteiger partial charge < -0.3 is 25.2 Å². The molecule has 2 aliphatic heterocycles. The highest BCUT2D eigenvalue weighted by atomic mass is 16.6. The highest BCUT2D eigenvalue weighted by Gasteiger charge is 2.20. The van der Waals surface area contributed by atoms with Crippen LogP contribution in [0.4, 0.5) is 28.7 Å². The van der Waals surface area contributed by atoms with Crippen molar-refractivity contribution < 1.29 is 9.66 Å². The van der Waals surface area contributed by atoms with Crippen LogP contribution in [0.1, 0.15) is 0 Å². The molecule has 0 bridgehead atoms. The van der Waals surface area contributed by atoms with Crippen molar-refractivity contribution in [2.45, 2.75) is 0 Å². The van der Waals surface area contributed by atoms with E-state index in [0.717, 1.165) is 69.7 Å². The molecule has 2 fully saturated rings. The fourth-order valence-electron chi connectivity index (χ4n) is 3.46. The van der Waals surface area contributed by atoms with Gasteiger partial charge >= 0.3 is 5.69 Å². The molecule has 2 saturated heterocycles. The summed E-state index contributed by atoms with van der Waals surface area (Å²) in [5.41, 5.74) is 1.85. The monoisotopic (exact) mass is 384 g/mol. The normalized spacial score (nSPS) is 17.4. The summed E-state index contributed by atoms with van der Waals surface area (Å²) >= 11 is 0. The number of nitrogens with one attached hydrogen (secondary N) is 2. The molecule has 148 valence electrons. The maximum Gasteiger partial charge on any atom is 0.311 e. The molecule has 28 heavy (non-hydrogen) atoms. The van der Waals surface area contributed by atoms with E-state index in [1.807, 2.05) is 24.3 Å². The van der Waals surface area contributed by atoms with Crippen LogP contribution in [0.5, 0.6) is 0 Å². The van der Waals surface area contributed by atoms with E-state index in [-0.39, 0.29) is 11.5 Å². The Bertz CT molecular complexity index is 817. The largest absolute Gasteiger partial charge is 0.378 e. The molecule has 0 saturated carbocycles. The van der Waals surface area contributed by atoms with Crippen molar-refractivity contribution in [1.29, 1.82) is 0 Å². The Balaban J connectivity index is 1.54. The van der Waals surface area contributed by atoms with E-state index in [1.165, 1.54) is 6.07 Å². The number of hydrogen-bond donors (Lipinski definition) is 2. The average Bonchev–Trinajstić information content (AvgIpc) is 2.75. The third kappa shape index (κ3) is 4.15. The molecule has 9 nitrogen and oxygen atoms in total. The summed E-state index contributed by atoms with van der Waals surface area (Å²) in [6.45, 7) is 6.62. The average molecular weight is 384 g/mol. The molecule has 1 aromatic heterocycles. The lowest BCUT2D eigenvalue weighted by atomic mass is 10.2. The molecule has 0 unspecified atom stereocenters. The number of morpholine rings is 1. The van der Waals surface area contributed by atoms with E-state index in [0.29, 0.717) is 0 Å². The van der Waals surface area contributed by atoms with Crippen molar-refractivity contribution in [2.75, 3.05) is 67.6 Å². The van der Waals surface area contributed by atoms with Crippen molar-refractivity contribution in [2.24, 2.45) is 0 Å². The van der Waals surface area contributed by atoms with Crippen LogP contribution in [-0.2, 0) is 4.74 Å². The first kappa shape index (κ1) is 18.5. The molecule has 0 radical (unpaired) electrons. The molecular formula is C19H24N6O3. The highest BCUT2D eigenvalue weighted by molar-refractivity contribution is 5.69. The van der Waals surface area contributed by atoms with Gasteiger partial charge in [-0.15, -0.1) is 0 Å². The van der Waals surface area contributed by atoms with Gasteiger partial charge in [0.05, 0.1) is 18.1 Å². The van der Waals surface area contributed by atoms with Gasteiger partial charge in [0.25, 0.3) is 0 Å². The maximum absolute atomic E-state index is 11.4. The fraction of sp³-hybridized carbons (Fsp3) is 0.421. The molecule has 0 spiro atoms. The first-order chi connectivity index (χ1) is 13.7. The molecule has 2 N–H and O–H groups in total. The Morgan fingerprint density at radius 1 is 1.00 bits per heavy atom. The van der Waals surface area contributed by atoms with Crippen LogP contribution in [0.3, 0.4) is 0 Å². The Hall–Kier alpha value is -2.91. The minimum atomic E-state index is -0.404. The van der Waals surface area contributed by atoms with E-state index >= 15 is 0 Å². The van der Waals surface area contributed by atoms with Crippen molar-refractivity contribution in [3.63, 3.8) is 0 Å². The Labute approximate surface area is 163 Å². The summed E-state index contributed by atoms with van der Waals surface area (Å²) in [4.78, 5) is 20.0. The Morgan fingerprint density at radius 2 is 1.71 bits per heavy atom. The number of aromatic nitrogens is 1. The van der Waals surface area contributed by atoms with Gasteiger partial charge in [-0.2, -0.15) is 0 Å². The quantitative estimate of drug-likeness (QED) is 0.597. The van der Waals surface area contributed by atoms with Crippen LogP contribution in [0, 0.1) is 10.1 Å². The molecule has 0 atom stereocenters. The van der Waals surface area contributed by atoms with Crippen LogP contribution >= 0.6 is 0 Å². The lowest BCUT2D eigenvalue weighted by Gasteiger charge is -2.29. The van der Waals surface area contributed by atoms with Crippen LogP contribution in [0.25, 0.3) is 0 Å². The van der Waals surface area contributed by atoms with E-state index < -0.39 is 4.92 Å². The van der Waals surface area contributed by atoms with Gasteiger partial charge in [0.1, 0.15) is 5.82 Å². The highest BCUT2D eigenvalue weighted by Crippen LogP contribution is 2.29. The topological polar surface area (TPSA) is 95.8 Å². The predicted octanol–water partition coefficient (Wildman–Crippen LogP) is 1.98. The van der Waals surface area contributed by atoms with Crippen LogP contribution in [0.15, 0.2) is 36.4 Å². The number of anilines is 4. The van der Waals surface area contributed by atoms with Gasteiger partial charge in [-0.25, -0.2) is 4.98 Å². The zero-order valence-corrected chi connectivity index (χ0v) is 15.6. The second kappa shape index (κ2) is 8.41. The number of pyridine rings is 1. The van der Waals surface area contributed by atoms with Gasteiger partial charge in [0, 0.05) is 56.7 Å². The molecule has 2 aromatic rings. The third-order valence-electron chi connectivity index (χ3n) is 5.00. The number of benzene rings is 1. The third-order valence-corrected chi connectivity index (χ3v) is 5.00. The SMILES string of the molecule is O=[N+]([O-])c1ccc(N2CCNCC2)nc1Nc1ccc(N2CCOCC2)cc1. The molecular weight excluding hydrogens is 360 g/mol. The number of nitrogens with zero attached hydrogens (tertiary/aromatic N) is 4. The molecule has 1 aromatic carbocycles. The van der Waals surface area contributed by atoms with Crippen molar-refractivity contribution >= 4 is 28.7 Å². The summed E-state index contributed by atoms with van der Waals surface area (Å²) in [7, 11) is 0. The first-order valence-corrected chi connectivity index (χ1v) is 9.51. The molecule has 0 aliphatic carbocycles. The van der Waals surface area contributed by atoms with Crippen molar-refractivity contribution in [3.05, 3.63) is 46.5 Å². The molecule has 0 amide bonds. The molecule has 2 aliphatic rings. The first-order valence-electron chi connectivity index (χ1n) is 9.51. The zero-order valence-electron chi connectivity index (χ0n) is 15.6. The van der Waals surface area contributed by atoms with Gasteiger partial charge in [-0.3, -0.25) is 10.1 Å². The Kier molecular flexibility index (Phi) is 5.54. The predicted molar refractivity (Wildman–Crippen MR) is 109 cm³/mol. The van der Waals surface area contributed by atoms with Gasteiger partial charge in [0.15, 0.2) is 0 Å². The minimum absolute atomic E-state index is 0.0314. The summed E-state index contributed by atoms with van der Waals surface area (Å²) < 4.78 is 5.39. The second-order valence-corrected chi connectivity index (χ2v) is 6.80. The second-order valence-electron chi connectivity index (χ2n) is 6.80. The number of rotatable bonds is 5. The van der Waals surface area contributed by atoms with Gasteiger partial charge in [-0.1, -0.05) is 0 Å². The van der Waals surface area contributed by atoms with Gasteiger partial charge in [-0.05, 0) is 30.3 Å². The standard InChI is InChI=1S/C19H24N6O3/c26-25(27)17-5-6-18(24-9-7-20-8-10-24)22-19(17)21-15-1-3-16(4-2-15)23-11-13-28-14-12-23/h1-6,20H,7-14H2,(H,21,22). The van der Waals surface area contributed by atoms with Crippen molar-refractivity contribution in [3.8, 4) is 0 Å². The van der Waals surface area contributed by atoms with E-state index in [4.69, 9.17) is 4.74 Å². The molecule has 4 rings (SSSR count). The minimum Gasteiger partial charge on any atom is -0.378 e. The van der Waals surface area contributed by atoms with E-state index in [1.54, 1.807) is 6.07 Å². The zero-order chi connectivity index (χ0) is 19.3. The number of hydrogen-bond acceptors (Lipinski definition) is 8. The fourth-order valence-corrected chi connectivity index (χ4v) is 3.46. The summed E-state index contributed by atoms with van der Waals surface area (Å²) in [6, 6.07) is 11.1. The number of ether oxygens (including phenoxy) is 1.